The third kappa shape index (κ3) is 4.46. The lowest BCUT2D eigenvalue weighted by molar-refractivity contribution is 0.263. The summed E-state index contributed by atoms with van der Waals surface area (Å²) in [6.45, 7) is 5.41. The number of nitrogens with zero attached hydrogens (tertiary/aromatic N) is 2. The van der Waals surface area contributed by atoms with Gasteiger partial charge >= 0.3 is 0 Å². The highest BCUT2D eigenvalue weighted by Crippen LogP contribution is 2.47. The number of benzene rings is 4. The summed E-state index contributed by atoms with van der Waals surface area (Å²) in [5.41, 5.74) is 5.22. The van der Waals surface area contributed by atoms with Crippen LogP contribution in [0.4, 0.5) is 0 Å². The maximum absolute atomic E-state index is 3.75. The molecule has 2 heteroatoms. The molecule has 0 bridgehead atoms. The molecule has 0 aromatic heterocycles. The Labute approximate surface area is 185 Å². The number of rotatable bonds is 6. The van der Waals surface area contributed by atoms with Crippen molar-refractivity contribution in [2.24, 2.45) is 0 Å². The Morgan fingerprint density at radius 1 is 0.452 bits per heavy atom. The van der Waals surface area contributed by atoms with E-state index in [0.29, 0.717) is 0 Å². The fourth-order valence-corrected chi connectivity index (χ4v) is 4.48. The zero-order valence-corrected chi connectivity index (χ0v) is 17.5. The van der Waals surface area contributed by atoms with E-state index in [1.807, 2.05) is 0 Å². The van der Waals surface area contributed by atoms with E-state index in [1.54, 1.807) is 0 Å². The van der Waals surface area contributed by atoms with Crippen LogP contribution in [0.3, 0.4) is 0 Å². The molecule has 2 atom stereocenters. The second-order valence-corrected chi connectivity index (χ2v) is 8.04. The van der Waals surface area contributed by atoms with E-state index in [1.165, 1.54) is 22.3 Å². The summed E-state index contributed by atoms with van der Waals surface area (Å²) in [5, 5.41) is 0. The first-order valence-corrected chi connectivity index (χ1v) is 10.9. The summed E-state index contributed by atoms with van der Waals surface area (Å²) in [4.78, 5) is 4.76. The van der Waals surface area contributed by atoms with Crippen LogP contribution in [0.2, 0.25) is 0 Å². The molecule has 1 aliphatic rings. The Kier molecular flexibility index (Phi) is 5.92. The van der Waals surface area contributed by atoms with Crippen LogP contribution in [0, 0.1) is 6.67 Å². The molecule has 5 rings (SSSR count). The lowest BCUT2D eigenvalue weighted by Crippen LogP contribution is -2.24. The lowest BCUT2D eigenvalue weighted by Gasteiger charge is -2.29. The van der Waals surface area contributed by atoms with Crippen LogP contribution in [0.5, 0.6) is 0 Å². The predicted molar refractivity (Wildman–Crippen MR) is 126 cm³/mol. The Morgan fingerprint density at radius 3 is 1.13 bits per heavy atom. The zero-order valence-electron chi connectivity index (χ0n) is 17.5. The van der Waals surface area contributed by atoms with Crippen molar-refractivity contribution < 1.29 is 0 Å². The van der Waals surface area contributed by atoms with Gasteiger partial charge in [0.1, 0.15) is 6.67 Å². The largest absolute Gasteiger partial charge is 0.266 e. The molecule has 31 heavy (non-hydrogen) atoms. The SMILES string of the molecule is [C]1N(Cc2ccccc2)[C@H](c2ccccc2)[C@@H](c2ccccc2)N1Cc1ccccc1. The van der Waals surface area contributed by atoms with Crippen LogP contribution in [-0.2, 0) is 13.1 Å². The molecule has 0 spiro atoms. The fraction of sp³-hybridized carbons (Fsp3) is 0.138. The zero-order chi connectivity index (χ0) is 20.9. The first-order valence-electron chi connectivity index (χ1n) is 10.9. The molecule has 0 amide bonds. The van der Waals surface area contributed by atoms with Gasteiger partial charge in [0.2, 0.25) is 0 Å². The maximum atomic E-state index is 3.75. The molecule has 152 valence electrons. The van der Waals surface area contributed by atoms with Crippen LogP contribution in [0.15, 0.2) is 121 Å². The van der Waals surface area contributed by atoms with Gasteiger partial charge in [0.25, 0.3) is 0 Å². The van der Waals surface area contributed by atoms with Crippen LogP contribution < -0.4 is 0 Å². The van der Waals surface area contributed by atoms with E-state index in [4.69, 9.17) is 0 Å². The molecule has 1 saturated heterocycles. The Hall–Kier alpha value is -3.20. The molecule has 1 fully saturated rings. The molecule has 0 N–H and O–H groups in total. The van der Waals surface area contributed by atoms with Crippen molar-refractivity contribution in [1.82, 2.24) is 9.80 Å². The van der Waals surface area contributed by atoms with E-state index in [-0.39, 0.29) is 12.1 Å². The van der Waals surface area contributed by atoms with Gasteiger partial charge in [0.05, 0.1) is 12.1 Å². The third-order valence-corrected chi connectivity index (χ3v) is 5.90. The van der Waals surface area contributed by atoms with E-state index >= 15 is 0 Å². The third-order valence-electron chi connectivity index (χ3n) is 5.90. The first-order chi connectivity index (χ1) is 15.4. The van der Waals surface area contributed by atoms with Gasteiger partial charge in [0, 0.05) is 13.1 Å². The molecular formula is C29H26N2. The first kappa shape index (κ1) is 19.7. The highest BCUT2D eigenvalue weighted by Gasteiger charge is 2.42. The monoisotopic (exact) mass is 402 g/mol. The number of hydrogen-bond donors (Lipinski definition) is 0. The van der Waals surface area contributed by atoms with Crippen molar-refractivity contribution >= 4 is 0 Å². The van der Waals surface area contributed by atoms with Gasteiger partial charge in [-0.05, 0) is 22.3 Å². The highest BCUT2D eigenvalue weighted by atomic mass is 15.4. The summed E-state index contributed by atoms with van der Waals surface area (Å²) >= 11 is 0. The van der Waals surface area contributed by atoms with E-state index in [2.05, 4.69) is 138 Å². The normalized spacial score (nSPS) is 19.5. The smallest absolute Gasteiger partial charge is 0.148 e. The minimum Gasteiger partial charge on any atom is -0.266 e. The van der Waals surface area contributed by atoms with Gasteiger partial charge in [-0.3, -0.25) is 9.80 Å². The van der Waals surface area contributed by atoms with Crippen molar-refractivity contribution in [3.8, 4) is 0 Å². The average molecular weight is 403 g/mol. The van der Waals surface area contributed by atoms with Crippen molar-refractivity contribution in [1.29, 1.82) is 0 Å². The summed E-state index contributed by atoms with van der Waals surface area (Å²) in [5.74, 6) is 0. The van der Waals surface area contributed by atoms with Crippen LogP contribution >= 0.6 is 0 Å². The minimum absolute atomic E-state index is 0.188. The van der Waals surface area contributed by atoms with Gasteiger partial charge in [-0.1, -0.05) is 121 Å². The second kappa shape index (κ2) is 9.30. The Morgan fingerprint density at radius 2 is 0.774 bits per heavy atom. The molecular weight excluding hydrogens is 376 g/mol. The molecule has 0 aliphatic carbocycles. The molecule has 2 radical (unpaired) electrons. The summed E-state index contributed by atoms with van der Waals surface area (Å²) < 4.78 is 0. The van der Waals surface area contributed by atoms with Gasteiger partial charge in [0.15, 0.2) is 0 Å². The molecule has 1 heterocycles. The molecule has 1 aliphatic heterocycles. The van der Waals surface area contributed by atoms with Crippen LogP contribution in [-0.4, -0.2) is 9.80 Å². The van der Waals surface area contributed by atoms with Crippen molar-refractivity contribution in [2.75, 3.05) is 0 Å². The van der Waals surface area contributed by atoms with Crippen molar-refractivity contribution in [2.45, 2.75) is 25.2 Å². The predicted octanol–water partition coefficient (Wildman–Crippen LogP) is 6.48. The standard InChI is InChI=1S/C29H26N2/c1-5-13-24(14-6-1)21-30-23-31(22-25-15-7-2-8-16-25)29(27-19-11-4-12-20-27)28(30)26-17-9-3-10-18-26/h1-20,28-29H,21-22H2/t28-,29-/m1/s1. The van der Waals surface area contributed by atoms with E-state index in [9.17, 15) is 0 Å². The molecule has 4 aromatic rings. The van der Waals surface area contributed by atoms with E-state index in [0.717, 1.165) is 13.1 Å². The van der Waals surface area contributed by atoms with Crippen LogP contribution in [0.25, 0.3) is 0 Å². The topological polar surface area (TPSA) is 6.48 Å². The lowest BCUT2D eigenvalue weighted by atomic mass is 9.92. The molecule has 0 unspecified atom stereocenters. The van der Waals surface area contributed by atoms with Gasteiger partial charge in [-0.2, -0.15) is 0 Å². The number of hydrogen-bond acceptors (Lipinski definition) is 2. The van der Waals surface area contributed by atoms with Crippen molar-refractivity contribution in [3.05, 3.63) is 150 Å². The summed E-state index contributed by atoms with van der Waals surface area (Å²) in [6, 6.07) is 43.4. The van der Waals surface area contributed by atoms with Gasteiger partial charge in [-0.25, -0.2) is 0 Å². The Bertz CT molecular complexity index is 976. The maximum Gasteiger partial charge on any atom is 0.148 e. The average Bonchev–Trinajstić information content (AvgIpc) is 3.19. The Balaban J connectivity index is 1.55. The summed E-state index contributed by atoms with van der Waals surface area (Å²) in [6.07, 6.45) is 0. The van der Waals surface area contributed by atoms with Crippen LogP contribution in [0.1, 0.15) is 34.3 Å². The fourth-order valence-electron chi connectivity index (χ4n) is 4.48. The van der Waals surface area contributed by atoms with Crippen molar-refractivity contribution in [3.63, 3.8) is 0 Å². The van der Waals surface area contributed by atoms with E-state index < -0.39 is 0 Å². The van der Waals surface area contributed by atoms with Gasteiger partial charge < -0.3 is 0 Å². The second-order valence-electron chi connectivity index (χ2n) is 8.04. The molecule has 4 aromatic carbocycles. The molecule has 0 saturated carbocycles. The quantitative estimate of drug-likeness (QED) is 0.364. The highest BCUT2D eigenvalue weighted by molar-refractivity contribution is 5.32. The summed E-state index contributed by atoms with van der Waals surface area (Å²) in [7, 11) is 0. The molecule has 2 nitrogen and oxygen atoms in total. The minimum atomic E-state index is 0.188. The van der Waals surface area contributed by atoms with Gasteiger partial charge in [-0.15, -0.1) is 0 Å².